The largest absolute Gasteiger partial charge is 0.496 e. The molecule has 0 saturated carbocycles. The Hall–Kier alpha value is -1.32. The predicted molar refractivity (Wildman–Crippen MR) is 64.6 cm³/mol. The van der Waals surface area contributed by atoms with E-state index in [1.807, 2.05) is 24.3 Å². The molecular weight excluding hydrogens is 202 g/mol. The van der Waals surface area contributed by atoms with E-state index in [2.05, 4.69) is 17.5 Å². The first-order valence-electron chi connectivity index (χ1n) is 5.52. The Morgan fingerprint density at radius 3 is 3.06 bits per heavy atom. The highest BCUT2D eigenvalue weighted by molar-refractivity contribution is 5.57. The van der Waals surface area contributed by atoms with Crippen LogP contribution in [0.25, 0.3) is 6.08 Å². The standard InChI is InChI=1S/C13H17NO2/c1-15-13-5-3-2-4-11(13)6-7-12-10-16-9-8-14-12/h2-7,12,14H,8-10H2,1H3/b7-6+. The van der Waals surface area contributed by atoms with E-state index in [1.54, 1.807) is 7.11 Å². The van der Waals surface area contributed by atoms with Crippen LogP contribution in [0.15, 0.2) is 30.3 Å². The van der Waals surface area contributed by atoms with Crippen molar-refractivity contribution in [3.63, 3.8) is 0 Å². The van der Waals surface area contributed by atoms with E-state index in [-0.39, 0.29) is 0 Å². The van der Waals surface area contributed by atoms with Gasteiger partial charge in [0, 0.05) is 18.2 Å². The van der Waals surface area contributed by atoms with E-state index in [1.165, 1.54) is 0 Å². The molecular formula is C13H17NO2. The van der Waals surface area contributed by atoms with Crippen LogP contribution in [-0.4, -0.2) is 32.9 Å². The summed E-state index contributed by atoms with van der Waals surface area (Å²) in [6.07, 6.45) is 4.20. The molecule has 1 aromatic carbocycles. The first-order chi connectivity index (χ1) is 7.90. The summed E-state index contributed by atoms with van der Waals surface area (Å²) in [5, 5.41) is 3.37. The Morgan fingerprint density at radius 1 is 1.44 bits per heavy atom. The van der Waals surface area contributed by atoms with E-state index in [0.717, 1.165) is 31.1 Å². The maximum Gasteiger partial charge on any atom is 0.126 e. The first-order valence-corrected chi connectivity index (χ1v) is 5.52. The molecule has 0 amide bonds. The van der Waals surface area contributed by atoms with Gasteiger partial charge in [-0.15, -0.1) is 0 Å². The molecule has 0 aromatic heterocycles. The zero-order chi connectivity index (χ0) is 11.2. The van der Waals surface area contributed by atoms with Crippen LogP contribution in [0.4, 0.5) is 0 Å². The molecule has 0 radical (unpaired) electrons. The number of hydrogen-bond acceptors (Lipinski definition) is 3. The summed E-state index contributed by atoms with van der Waals surface area (Å²) < 4.78 is 10.7. The van der Waals surface area contributed by atoms with Crippen molar-refractivity contribution in [1.82, 2.24) is 5.32 Å². The number of rotatable bonds is 3. The second-order valence-corrected chi connectivity index (χ2v) is 3.74. The Labute approximate surface area is 96.1 Å². The van der Waals surface area contributed by atoms with Gasteiger partial charge in [0.15, 0.2) is 0 Å². The summed E-state index contributed by atoms with van der Waals surface area (Å²) in [6.45, 7) is 2.46. The number of para-hydroxylation sites is 1. The lowest BCUT2D eigenvalue weighted by Gasteiger charge is -2.20. The quantitative estimate of drug-likeness (QED) is 0.839. The van der Waals surface area contributed by atoms with Gasteiger partial charge in [-0.3, -0.25) is 0 Å². The van der Waals surface area contributed by atoms with Gasteiger partial charge < -0.3 is 14.8 Å². The molecule has 0 bridgehead atoms. The Morgan fingerprint density at radius 2 is 2.31 bits per heavy atom. The fraction of sp³-hybridized carbons (Fsp3) is 0.385. The topological polar surface area (TPSA) is 30.5 Å². The Balaban J connectivity index is 2.04. The maximum atomic E-state index is 5.38. The van der Waals surface area contributed by atoms with Crippen molar-refractivity contribution >= 4 is 6.08 Å². The van der Waals surface area contributed by atoms with E-state index in [4.69, 9.17) is 9.47 Å². The molecule has 16 heavy (non-hydrogen) atoms. The van der Waals surface area contributed by atoms with Crippen molar-refractivity contribution in [1.29, 1.82) is 0 Å². The van der Waals surface area contributed by atoms with Crippen LogP contribution < -0.4 is 10.1 Å². The highest BCUT2D eigenvalue weighted by Crippen LogP contribution is 2.18. The summed E-state index contributed by atoms with van der Waals surface area (Å²) in [5.74, 6) is 0.899. The fourth-order valence-electron chi connectivity index (χ4n) is 1.73. The number of nitrogens with one attached hydrogen (secondary N) is 1. The number of methoxy groups -OCH3 is 1. The molecule has 3 heteroatoms. The summed E-state index contributed by atoms with van der Waals surface area (Å²) >= 11 is 0. The summed E-state index contributed by atoms with van der Waals surface area (Å²) in [5.41, 5.74) is 1.09. The Bertz CT molecular complexity index is 357. The minimum Gasteiger partial charge on any atom is -0.496 e. The molecule has 86 valence electrons. The monoisotopic (exact) mass is 219 g/mol. The van der Waals surface area contributed by atoms with E-state index in [9.17, 15) is 0 Å². The Kier molecular flexibility index (Phi) is 3.97. The van der Waals surface area contributed by atoms with Gasteiger partial charge in [-0.1, -0.05) is 30.4 Å². The van der Waals surface area contributed by atoms with Gasteiger partial charge in [0.1, 0.15) is 5.75 Å². The first kappa shape index (κ1) is 11.2. The van der Waals surface area contributed by atoms with Gasteiger partial charge in [0.25, 0.3) is 0 Å². The summed E-state index contributed by atoms with van der Waals surface area (Å²) in [6, 6.07) is 8.29. The molecule has 1 atom stereocenters. The van der Waals surface area contributed by atoms with Crippen molar-refractivity contribution in [2.24, 2.45) is 0 Å². The lowest BCUT2D eigenvalue weighted by atomic mass is 10.1. The van der Waals surface area contributed by atoms with Gasteiger partial charge in [0.05, 0.1) is 20.3 Å². The second-order valence-electron chi connectivity index (χ2n) is 3.74. The molecule has 1 unspecified atom stereocenters. The third kappa shape index (κ3) is 2.84. The predicted octanol–water partition coefficient (Wildman–Crippen LogP) is 1.70. The maximum absolute atomic E-state index is 5.38. The SMILES string of the molecule is COc1ccccc1/C=C/C1COCCN1. The van der Waals surface area contributed by atoms with Crippen molar-refractivity contribution in [3.05, 3.63) is 35.9 Å². The summed E-state index contributed by atoms with van der Waals surface area (Å²) in [7, 11) is 1.69. The number of hydrogen-bond donors (Lipinski definition) is 1. The lowest BCUT2D eigenvalue weighted by molar-refractivity contribution is 0.0903. The van der Waals surface area contributed by atoms with Crippen LogP contribution in [-0.2, 0) is 4.74 Å². The van der Waals surface area contributed by atoms with Crippen LogP contribution in [0.2, 0.25) is 0 Å². The molecule has 1 N–H and O–H groups in total. The van der Waals surface area contributed by atoms with Crippen molar-refractivity contribution in [2.75, 3.05) is 26.9 Å². The highest BCUT2D eigenvalue weighted by atomic mass is 16.5. The zero-order valence-electron chi connectivity index (χ0n) is 9.48. The smallest absolute Gasteiger partial charge is 0.126 e. The average molecular weight is 219 g/mol. The van der Waals surface area contributed by atoms with Gasteiger partial charge in [-0.25, -0.2) is 0 Å². The molecule has 1 aliphatic heterocycles. The van der Waals surface area contributed by atoms with Gasteiger partial charge in [-0.05, 0) is 6.07 Å². The third-order valence-corrected chi connectivity index (χ3v) is 2.60. The van der Waals surface area contributed by atoms with Crippen molar-refractivity contribution < 1.29 is 9.47 Å². The molecule has 1 aromatic rings. The van der Waals surface area contributed by atoms with Crippen LogP contribution in [0.3, 0.4) is 0 Å². The van der Waals surface area contributed by atoms with Crippen LogP contribution in [0, 0.1) is 0 Å². The molecule has 3 nitrogen and oxygen atoms in total. The minimum atomic E-state index is 0.304. The number of ether oxygens (including phenoxy) is 2. The number of benzene rings is 1. The lowest BCUT2D eigenvalue weighted by Crippen LogP contribution is -2.39. The second kappa shape index (κ2) is 5.68. The van der Waals surface area contributed by atoms with Crippen molar-refractivity contribution in [3.8, 4) is 5.75 Å². The minimum absolute atomic E-state index is 0.304. The number of morpholine rings is 1. The molecule has 1 fully saturated rings. The average Bonchev–Trinajstić information content (AvgIpc) is 2.38. The highest BCUT2D eigenvalue weighted by Gasteiger charge is 2.08. The molecule has 0 spiro atoms. The zero-order valence-corrected chi connectivity index (χ0v) is 9.48. The molecule has 1 saturated heterocycles. The van der Waals surface area contributed by atoms with Crippen LogP contribution in [0.1, 0.15) is 5.56 Å². The molecule has 1 heterocycles. The van der Waals surface area contributed by atoms with Gasteiger partial charge in [-0.2, -0.15) is 0 Å². The van der Waals surface area contributed by atoms with E-state index >= 15 is 0 Å². The third-order valence-electron chi connectivity index (χ3n) is 2.60. The van der Waals surface area contributed by atoms with Gasteiger partial charge >= 0.3 is 0 Å². The molecule has 2 rings (SSSR count). The van der Waals surface area contributed by atoms with E-state index < -0.39 is 0 Å². The fourth-order valence-corrected chi connectivity index (χ4v) is 1.73. The molecule has 0 aliphatic carbocycles. The van der Waals surface area contributed by atoms with Gasteiger partial charge in [0.2, 0.25) is 0 Å². The van der Waals surface area contributed by atoms with Crippen LogP contribution in [0.5, 0.6) is 5.75 Å². The van der Waals surface area contributed by atoms with E-state index in [0.29, 0.717) is 6.04 Å². The van der Waals surface area contributed by atoms with Crippen molar-refractivity contribution in [2.45, 2.75) is 6.04 Å². The normalized spacial score (nSPS) is 21.2. The van der Waals surface area contributed by atoms with Crippen LogP contribution >= 0.6 is 0 Å². The molecule has 1 aliphatic rings. The summed E-state index contributed by atoms with van der Waals surface area (Å²) in [4.78, 5) is 0.